The maximum atomic E-state index is 11.4. The van der Waals surface area contributed by atoms with Gasteiger partial charge in [-0.2, -0.15) is 0 Å². The third-order valence-corrected chi connectivity index (χ3v) is 1.80. The molecule has 1 aromatic rings. The molecule has 4 heteroatoms. The molecule has 0 saturated heterocycles. The van der Waals surface area contributed by atoms with Crippen LogP contribution >= 0.6 is 0 Å². The van der Waals surface area contributed by atoms with Crippen LogP contribution in [0.15, 0.2) is 18.2 Å². The Bertz CT molecular complexity index is 360. The van der Waals surface area contributed by atoms with E-state index in [0.29, 0.717) is 11.8 Å². The molecule has 0 unspecified atom stereocenters. The van der Waals surface area contributed by atoms with E-state index in [1.807, 2.05) is 0 Å². The van der Waals surface area contributed by atoms with E-state index in [-0.39, 0.29) is 23.6 Å². The van der Waals surface area contributed by atoms with Gasteiger partial charge in [0.15, 0.2) is 12.1 Å². The van der Waals surface area contributed by atoms with Crippen LogP contribution in [-0.4, -0.2) is 30.8 Å². The highest BCUT2D eigenvalue weighted by Gasteiger charge is 2.10. The number of nitrogens with one attached hydrogen (secondary N) is 1. The SMILES string of the molecule is CNCC(=O)c1cc(O)ccc1C=O. The lowest BCUT2D eigenvalue weighted by Crippen LogP contribution is -2.19. The van der Waals surface area contributed by atoms with Crippen molar-refractivity contribution >= 4 is 12.1 Å². The van der Waals surface area contributed by atoms with Crippen molar-refractivity contribution in [2.75, 3.05) is 13.6 Å². The second kappa shape index (κ2) is 4.53. The van der Waals surface area contributed by atoms with Gasteiger partial charge in [-0.1, -0.05) is 0 Å². The summed E-state index contributed by atoms with van der Waals surface area (Å²) >= 11 is 0. The Morgan fingerprint density at radius 2 is 2.29 bits per heavy atom. The van der Waals surface area contributed by atoms with Crippen LogP contribution in [0.3, 0.4) is 0 Å². The Balaban J connectivity index is 3.10. The monoisotopic (exact) mass is 193 g/mol. The fraction of sp³-hybridized carbons (Fsp3) is 0.200. The molecule has 0 aromatic heterocycles. The van der Waals surface area contributed by atoms with Gasteiger partial charge in [-0.25, -0.2) is 0 Å². The summed E-state index contributed by atoms with van der Waals surface area (Å²) in [6.07, 6.45) is 0.600. The lowest BCUT2D eigenvalue weighted by atomic mass is 10.0. The van der Waals surface area contributed by atoms with Crippen molar-refractivity contribution in [2.24, 2.45) is 0 Å². The number of carbonyl (C=O) groups is 2. The van der Waals surface area contributed by atoms with Crippen LogP contribution in [0.4, 0.5) is 0 Å². The summed E-state index contributed by atoms with van der Waals surface area (Å²) in [6, 6.07) is 4.09. The van der Waals surface area contributed by atoms with Crippen LogP contribution in [0, 0.1) is 0 Å². The van der Waals surface area contributed by atoms with E-state index in [1.165, 1.54) is 18.2 Å². The van der Waals surface area contributed by atoms with E-state index >= 15 is 0 Å². The van der Waals surface area contributed by atoms with E-state index in [0.717, 1.165) is 0 Å². The molecule has 0 aliphatic carbocycles. The van der Waals surface area contributed by atoms with Gasteiger partial charge >= 0.3 is 0 Å². The molecule has 0 aliphatic heterocycles. The number of carbonyl (C=O) groups excluding carboxylic acids is 2. The molecule has 0 fully saturated rings. The summed E-state index contributed by atoms with van der Waals surface area (Å²) in [5, 5.41) is 11.9. The minimum Gasteiger partial charge on any atom is -0.508 e. The summed E-state index contributed by atoms with van der Waals surface area (Å²) in [5.41, 5.74) is 0.539. The number of phenols is 1. The number of ketones is 1. The average Bonchev–Trinajstić information content (AvgIpc) is 2.18. The Hall–Kier alpha value is -1.68. The minimum absolute atomic E-state index is 0.0185. The highest BCUT2D eigenvalue weighted by atomic mass is 16.3. The van der Waals surface area contributed by atoms with E-state index in [1.54, 1.807) is 7.05 Å². The molecule has 0 radical (unpaired) electrons. The van der Waals surface area contributed by atoms with Crippen LogP contribution in [-0.2, 0) is 0 Å². The van der Waals surface area contributed by atoms with Crippen LogP contribution in [0.5, 0.6) is 5.75 Å². The van der Waals surface area contributed by atoms with Gasteiger partial charge in [-0.05, 0) is 25.2 Å². The normalized spacial score (nSPS) is 9.79. The summed E-state index contributed by atoms with van der Waals surface area (Å²) in [5.74, 6) is -0.236. The van der Waals surface area contributed by atoms with Gasteiger partial charge in [0.25, 0.3) is 0 Å². The van der Waals surface area contributed by atoms with Crippen molar-refractivity contribution < 1.29 is 14.7 Å². The molecule has 0 heterocycles. The molecule has 74 valence electrons. The van der Waals surface area contributed by atoms with E-state index in [9.17, 15) is 9.59 Å². The van der Waals surface area contributed by atoms with Crippen molar-refractivity contribution in [3.05, 3.63) is 29.3 Å². The smallest absolute Gasteiger partial charge is 0.177 e. The molecule has 0 saturated carbocycles. The predicted molar refractivity (Wildman–Crippen MR) is 51.8 cm³/mol. The zero-order valence-electron chi connectivity index (χ0n) is 7.78. The first-order valence-electron chi connectivity index (χ1n) is 4.15. The number of aromatic hydroxyl groups is 1. The standard InChI is InChI=1S/C10H11NO3/c1-11-5-10(14)9-4-8(13)3-2-7(9)6-12/h2-4,6,11,13H,5H2,1H3. The van der Waals surface area contributed by atoms with Gasteiger partial charge in [0.2, 0.25) is 0 Å². The fourth-order valence-corrected chi connectivity index (χ4v) is 1.14. The number of hydrogen-bond donors (Lipinski definition) is 2. The molecule has 0 atom stereocenters. The first-order valence-corrected chi connectivity index (χ1v) is 4.15. The van der Waals surface area contributed by atoms with Crippen LogP contribution in [0.1, 0.15) is 20.7 Å². The Morgan fingerprint density at radius 3 is 2.86 bits per heavy atom. The van der Waals surface area contributed by atoms with Crippen molar-refractivity contribution in [2.45, 2.75) is 0 Å². The zero-order valence-corrected chi connectivity index (χ0v) is 7.78. The van der Waals surface area contributed by atoms with Gasteiger partial charge in [0, 0.05) is 11.1 Å². The number of likely N-dealkylation sites (N-methyl/N-ethyl adjacent to an activating group) is 1. The van der Waals surface area contributed by atoms with E-state index in [2.05, 4.69) is 5.32 Å². The Kier molecular flexibility index (Phi) is 3.36. The predicted octanol–water partition coefficient (Wildman–Crippen LogP) is 0.607. The Labute approximate surface area is 81.6 Å². The zero-order chi connectivity index (χ0) is 10.6. The van der Waals surface area contributed by atoms with Crippen molar-refractivity contribution in [3.8, 4) is 5.75 Å². The molecule has 0 bridgehead atoms. The van der Waals surface area contributed by atoms with E-state index < -0.39 is 0 Å². The number of phenolic OH excluding ortho intramolecular Hbond substituents is 1. The lowest BCUT2D eigenvalue weighted by molar-refractivity contribution is 0.0986. The van der Waals surface area contributed by atoms with E-state index in [4.69, 9.17) is 5.11 Å². The van der Waals surface area contributed by atoms with Crippen molar-refractivity contribution in [1.29, 1.82) is 0 Å². The second-order valence-corrected chi connectivity index (χ2v) is 2.84. The molecule has 0 amide bonds. The number of rotatable bonds is 4. The maximum Gasteiger partial charge on any atom is 0.177 e. The summed E-state index contributed by atoms with van der Waals surface area (Å²) < 4.78 is 0. The average molecular weight is 193 g/mol. The number of Topliss-reactive ketones (excluding diaryl/α,β-unsaturated/α-hetero) is 1. The molecular formula is C10H11NO3. The molecular weight excluding hydrogens is 182 g/mol. The molecule has 1 aromatic carbocycles. The molecule has 4 nitrogen and oxygen atoms in total. The highest BCUT2D eigenvalue weighted by molar-refractivity contribution is 6.04. The highest BCUT2D eigenvalue weighted by Crippen LogP contribution is 2.15. The molecule has 14 heavy (non-hydrogen) atoms. The van der Waals surface area contributed by atoms with Gasteiger partial charge in [0.05, 0.1) is 6.54 Å². The fourth-order valence-electron chi connectivity index (χ4n) is 1.14. The van der Waals surface area contributed by atoms with Crippen molar-refractivity contribution in [3.63, 3.8) is 0 Å². The molecule has 0 aliphatic rings. The third-order valence-electron chi connectivity index (χ3n) is 1.80. The van der Waals surface area contributed by atoms with Gasteiger partial charge in [-0.15, -0.1) is 0 Å². The molecule has 2 N–H and O–H groups in total. The summed E-state index contributed by atoms with van der Waals surface area (Å²) in [6.45, 7) is 0.143. The van der Waals surface area contributed by atoms with Crippen LogP contribution in [0.25, 0.3) is 0 Å². The Morgan fingerprint density at radius 1 is 1.57 bits per heavy atom. The molecule has 0 spiro atoms. The van der Waals surface area contributed by atoms with Gasteiger partial charge < -0.3 is 10.4 Å². The number of benzene rings is 1. The lowest BCUT2D eigenvalue weighted by Gasteiger charge is -2.03. The number of aldehydes is 1. The van der Waals surface area contributed by atoms with Gasteiger partial charge in [0.1, 0.15) is 5.75 Å². The number of hydrogen-bond acceptors (Lipinski definition) is 4. The largest absolute Gasteiger partial charge is 0.508 e. The van der Waals surface area contributed by atoms with Crippen LogP contribution in [0.2, 0.25) is 0 Å². The van der Waals surface area contributed by atoms with Crippen molar-refractivity contribution in [1.82, 2.24) is 5.32 Å². The summed E-state index contributed by atoms with van der Waals surface area (Å²) in [4.78, 5) is 22.0. The minimum atomic E-state index is -0.217. The van der Waals surface area contributed by atoms with Gasteiger partial charge in [-0.3, -0.25) is 9.59 Å². The van der Waals surface area contributed by atoms with Crippen LogP contribution < -0.4 is 5.32 Å². The quantitative estimate of drug-likeness (QED) is 0.543. The topological polar surface area (TPSA) is 66.4 Å². The summed E-state index contributed by atoms with van der Waals surface area (Å²) in [7, 11) is 1.64. The third kappa shape index (κ3) is 2.17. The molecule has 1 rings (SSSR count). The first-order chi connectivity index (χ1) is 6.69. The second-order valence-electron chi connectivity index (χ2n) is 2.84. The first kappa shape index (κ1) is 10.4. The maximum absolute atomic E-state index is 11.4.